The summed E-state index contributed by atoms with van der Waals surface area (Å²) in [4.78, 5) is 12.3. The molecule has 0 spiro atoms. The largest absolute Gasteiger partial charge is 0.444 e. The molecule has 0 bridgehead atoms. The Morgan fingerprint density at radius 1 is 1.00 bits per heavy atom. The molecule has 6 heteroatoms. The molecule has 2 aromatic carbocycles. The highest BCUT2D eigenvalue weighted by Crippen LogP contribution is 2.25. The van der Waals surface area contributed by atoms with Gasteiger partial charge in [0.2, 0.25) is 11.8 Å². The van der Waals surface area contributed by atoms with Crippen molar-refractivity contribution in [2.24, 2.45) is 0 Å². The van der Waals surface area contributed by atoms with E-state index in [1.165, 1.54) is 0 Å². The van der Waals surface area contributed by atoms with E-state index in [-0.39, 0.29) is 0 Å². The number of hydrogen-bond donors (Lipinski definition) is 1. The maximum atomic E-state index is 12.3. The molecule has 3 rings (SSSR count). The van der Waals surface area contributed by atoms with Gasteiger partial charge < -0.3 is 14.5 Å². The van der Waals surface area contributed by atoms with Gasteiger partial charge in [-0.2, -0.15) is 0 Å². The molecule has 1 aromatic heterocycles. The zero-order valence-electron chi connectivity index (χ0n) is 15.0. The molecule has 1 N–H and O–H groups in total. The molecule has 26 heavy (non-hydrogen) atoms. The van der Waals surface area contributed by atoms with Gasteiger partial charge in [-0.05, 0) is 38.5 Å². The van der Waals surface area contributed by atoms with Crippen LogP contribution in [0.4, 0.5) is 4.79 Å². The standard InChI is InChI=1S/C20H21N3O3/c1-20(2,3)26-19(24)21-16(14-10-6-4-7-11-14)18-23-22-17(25-18)15-12-8-5-9-13-15/h4-13,16H,1-3H3,(H,21,24)/t16-/m1/s1. The topological polar surface area (TPSA) is 77.2 Å². The molecule has 0 fully saturated rings. The summed E-state index contributed by atoms with van der Waals surface area (Å²) in [5.74, 6) is 0.688. The Hall–Kier alpha value is -3.15. The lowest BCUT2D eigenvalue weighted by Gasteiger charge is -2.22. The molecule has 6 nitrogen and oxygen atoms in total. The fourth-order valence-electron chi connectivity index (χ4n) is 2.41. The zero-order chi connectivity index (χ0) is 18.6. The van der Waals surface area contributed by atoms with Gasteiger partial charge in [0, 0.05) is 5.56 Å². The van der Waals surface area contributed by atoms with Gasteiger partial charge in [0.1, 0.15) is 11.6 Å². The van der Waals surface area contributed by atoms with Gasteiger partial charge in [0.15, 0.2) is 0 Å². The predicted octanol–water partition coefficient (Wildman–Crippen LogP) is 4.35. The summed E-state index contributed by atoms with van der Waals surface area (Å²) >= 11 is 0. The smallest absolute Gasteiger partial charge is 0.408 e. The second kappa shape index (κ2) is 7.39. The van der Waals surface area contributed by atoms with Crippen LogP contribution >= 0.6 is 0 Å². The van der Waals surface area contributed by atoms with Crippen LogP contribution in [0.25, 0.3) is 11.5 Å². The molecular weight excluding hydrogens is 330 g/mol. The van der Waals surface area contributed by atoms with Crippen molar-refractivity contribution in [3.05, 3.63) is 72.1 Å². The summed E-state index contributed by atoms with van der Waals surface area (Å²) in [5, 5.41) is 11.1. The lowest BCUT2D eigenvalue weighted by Crippen LogP contribution is -2.35. The van der Waals surface area contributed by atoms with E-state index in [1.807, 2.05) is 81.4 Å². The van der Waals surface area contributed by atoms with Crippen LogP contribution in [0.3, 0.4) is 0 Å². The highest BCUT2D eigenvalue weighted by molar-refractivity contribution is 5.69. The molecule has 0 saturated carbocycles. The molecule has 1 heterocycles. The first-order valence-corrected chi connectivity index (χ1v) is 8.36. The van der Waals surface area contributed by atoms with Crippen molar-refractivity contribution in [2.75, 3.05) is 0 Å². The summed E-state index contributed by atoms with van der Waals surface area (Å²) < 4.78 is 11.2. The van der Waals surface area contributed by atoms with Gasteiger partial charge >= 0.3 is 6.09 Å². The third kappa shape index (κ3) is 4.47. The number of carbonyl (C=O) groups excluding carboxylic acids is 1. The molecule has 0 saturated heterocycles. The summed E-state index contributed by atoms with van der Waals surface area (Å²) in [6.45, 7) is 5.43. The van der Waals surface area contributed by atoms with Crippen LogP contribution in [-0.4, -0.2) is 21.9 Å². The molecule has 0 aliphatic heterocycles. The van der Waals surface area contributed by atoms with Crippen molar-refractivity contribution in [1.29, 1.82) is 0 Å². The number of nitrogens with zero attached hydrogens (tertiary/aromatic N) is 2. The predicted molar refractivity (Wildman–Crippen MR) is 97.4 cm³/mol. The van der Waals surface area contributed by atoms with Crippen LogP contribution in [0.15, 0.2) is 65.1 Å². The van der Waals surface area contributed by atoms with Crippen LogP contribution in [0.5, 0.6) is 0 Å². The van der Waals surface area contributed by atoms with Gasteiger partial charge in [0.25, 0.3) is 0 Å². The number of rotatable bonds is 4. The Kier molecular flexibility index (Phi) is 5.02. The Balaban J connectivity index is 1.89. The van der Waals surface area contributed by atoms with Crippen molar-refractivity contribution < 1.29 is 13.9 Å². The van der Waals surface area contributed by atoms with E-state index >= 15 is 0 Å². The van der Waals surface area contributed by atoms with Gasteiger partial charge in [-0.25, -0.2) is 4.79 Å². The Morgan fingerprint density at radius 3 is 2.23 bits per heavy atom. The van der Waals surface area contributed by atoms with Gasteiger partial charge in [-0.1, -0.05) is 48.5 Å². The average Bonchev–Trinajstić information content (AvgIpc) is 3.09. The lowest BCUT2D eigenvalue weighted by molar-refractivity contribution is 0.0506. The molecule has 134 valence electrons. The van der Waals surface area contributed by atoms with E-state index in [4.69, 9.17) is 9.15 Å². The molecule has 3 aromatic rings. The molecule has 0 aliphatic carbocycles. The van der Waals surface area contributed by atoms with Crippen molar-refractivity contribution in [1.82, 2.24) is 15.5 Å². The summed E-state index contributed by atoms with van der Waals surface area (Å²) in [6, 6.07) is 18.3. The SMILES string of the molecule is CC(C)(C)OC(=O)N[C@H](c1ccccc1)c1nnc(-c2ccccc2)o1. The Labute approximate surface area is 152 Å². The van der Waals surface area contributed by atoms with Crippen LogP contribution < -0.4 is 5.32 Å². The zero-order valence-corrected chi connectivity index (χ0v) is 15.0. The minimum atomic E-state index is -0.602. The minimum absolute atomic E-state index is 0.293. The molecule has 1 atom stereocenters. The number of carbonyl (C=O) groups is 1. The molecule has 0 aliphatic rings. The number of aromatic nitrogens is 2. The van der Waals surface area contributed by atoms with Gasteiger partial charge in [-0.3, -0.25) is 0 Å². The van der Waals surface area contributed by atoms with E-state index in [0.29, 0.717) is 11.8 Å². The number of hydrogen-bond acceptors (Lipinski definition) is 5. The minimum Gasteiger partial charge on any atom is -0.444 e. The number of amides is 1. The first kappa shape index (κ1) is 17.7. The lowest BCUT2D eigenvalue weighted by atomic mass is 10.1. The summed E-state index contributed by atoms with van der Waals surface area (Å²) in [6.07, 6.45) is -0.550. The maximum absolute atomic E-state index is 12.3. The number of alkyl carbamates (subject to hydrolysis) is 1. The average molecular weight is 351 g/mol. The first-order chi connectivity index (χ1) is 12.4. The van der Waals surface area contributed by atoms with Crippen LogP contribution in [0.2, 0.25) is 0 Å². The van der Waals surface area contributed by atoms with E-state index < -0.39 is 17.7 Å². The Morgan fingerprint density at radius 2 is 1.62 bits per heavy atom. The normalized spacial score (nSPS) is 12.4. The van der Waals surface area contributed by atoms with Crippen molar-refractivity contribution in [3.8, 4) is 11.5 Å². The van der Waals surface area contributed by atoms with Crippen molar-refractivity contribution in [2.45, 2.75) is 32.4 Å². The van der Waals surface area contributed by atoms with Crippen LogP contribution in [-0.2, 0) is 4.74 Å². The highest BCUT2D eigenvalue weighted by Gasteiger charge is 2.26. The molecule has 0 radical (unpaired) electrons. The van der Waals surface area contributed by atoms with Gasteiger partial charge in [0.05, 0.1) is 0 Å². The first-order valence-electron chi connectivity index (χ1n) is 8.36. The van der Waals surface area contributed by atoms with Crippen LogP contribution in [0, 0.1) is 0 Å². The van der Waals surface area contributed by atoms with E-state index in [1.54, 1.807) is 0 Å². The van der Waals surface area contributed by atoms with E-state index in [2.05, 4.69) is 15.5 Å². The van der Waals surface area contributed by atoms with Gasteiger partial charge in [-0.15, -0.1) is 10.2 Å². The van der Waals surface area contributed by atoms with Crippen molar-refractivity contribution >= 4 is 6.09 Å². The van der Waals surface area contributed by atoms with E-state index in [9.17, 15) is 4.79 Å². The number of nitrogens with one attached hydrogen (secondary N) is 1. The second-order valence-corrected chi connectivity index (χ2v) is 6.80. The van der Waals surface area contributed by atoms with Crippen LogP contribution in [0.1, 0.15) is 38.3 Å². The Bertz CT molecular complexity index is 855. The summed E-state index contributed by atoms with van der Waals surface area (Å²) in [7, 11) is 0. The van der Waals surface area contributed by atoms with E-state index in [0.717, 1.165) is 11.1 Å². The third-order valence-electron chi connectivity index (χ3n) is 3.50. The fourth-order valence-corrected chi connectivity index (χ4v) is 2.41. The second-order valence-electron chi connectivity index (χ2n) is 6.80. The van der Waals surface area contributed by atoms with Crippen molar-refractivity contribution in [3.63, 3.8) is 0 Å². The highest BCUT2D eigenvalue weighted by atomic mass is 16.6. The number of benzene rings is 2. The molecule has 0 unspecified atom stereocenters. The maximum Gasteiger partial charge on any atom is 0.408 e. The number of ether oxygens (including phenoxy) is 1. The quantitative estimate of drug-likeness (QED) is 0.756. The summed E-state index contributed by atoms with van der Waals surface area (Å²) in [5.41, 5.74) is 1.03. The molecule has 1 amide bonds. The fraction of sp³-hybridized carbons (Fsp3) is 0.250. The molecular formula is C20H21N3O3. The monoisotopic (exact) mass is 351 g/mol. The third-order valence-corrected chi connectivity index (χ3v) is 3.50.